The first kappa shape index (κ1) is 14.5. The van der Waals surface area contributed by atoms with E-state index in [4.69, 9.17) is 11.6 Å². The maximum atomic E-state index is 11.6. The van der Waals surface area contributed by atoms with Crippen LogP contribution in [0.4, 0.5) is 0 Å². The average Bonchev–Trinajstić information content (AvgIpc) is 2.98. The van der Waals surface area contributed by atoms with E-state index in [9.17, 15) is 9.59 Å². The van der Waals surface area contributed by atoms with Crippen LogP contribution in [0.15, 0.2) is 47.5 Å². The van der Waals surface area contributed by atoms with Gasteiger partial charge in [-0.15, -0.1) is 11.8 Å². The lowest BCUT2D eigenvalue weighted by Crippen LogP contribution is -2.42. The molecule has 0 fully saturated rings. The Kier molecular flexibility index (Phi) is 5.09. The van der Waals surface area contributed by atoms with Gasteiger partial charge >= 0.3 is 0 Å². The van der Waals surface area contributed by atoms with Crippen LogP contribution in [0.1, 0.15) is 10.5 Å². The van der Waals surface area contributed by atoms with Crippen molar-refractivity contribution < 1.29 is 9.59 Å². The molecule has 1 aromatic heterocycles. The zero-order valence-electron chi connectivity index (χ0n) is 10.4. The summed E-state index contributed by atoms with van der Waals surface area (Å²) in [7, 11) is 0. The number of carbonyl (C=O) groups is 2. The molecule has 2 aromatic rings. The number of thioether (sulfide) groups is 1. The van der Waals surface area contributed by atoms with Crippen LogP contribution in [0.3, 0.4) is 0 Å². The Morgan fingerprint density at radius 1 is 1.15 bits per heavy atom. The van der Waals surface area contributed by atoms with Gasteiger partial charge in [-0.25, -0.2) is 0 Å². The molecule has 3 N–H and O–H groups in total. The van der Waals surface area contributed by atoms with Crippen molar-refractivity contribution in [3.8, 4) is 0 Å². The molecule has 0 bridgehead atoms. The van der Waals surface area contributed by atoms with Gasteiger partial charge in [0.05, 0.1) is 10.8 Å². The van der Waals surface area contributed by atoms with Gasteiger partial charge in [0, 0.05) is 11.1 Å². The molecule has 0 aliphatic heterocycles. The summed E-state index contributed by atoms with van der Waals surface area (Å²) in [5.41, 5.74) is 5.04. The van der Waals surface area contributed by atoms with E-state index >= 15 is 0 Å². The van der Waals surface area contributed by atoms with Crippen molar-refractivity contribution in [1.29, 1.82) is 0 Å². The van der Waals surface area contributed by atoms with Crippen LogP contribution in [0.2, 0.25) is 5.02 Å². The first-order chi connectivity index (χ1) is 9.66. The Labute approximate surface area is 125 Å². The number of benzene rings is 1. The molecule has 1 aromatic carbocycles. The Hall–Kier alpha value is -1.92. The number of nitrogens with one attached hydrogen (secondary N) is 3. The second-order valence-electron chi connectivity index (χ2n) is 3.81. The highest BCUT2D eigenvalue weighted by atomic mass is 35.5. The maximum absolute atomic E-state index is 11.6. The Bertz CT molecular complexity index is 601. The van der Waals surface area contributed by atoms with Crippen LogP contribution in [-0.2, 0) is 4.79 Å². The van der Waals surface area contributed by atoms with Gasteiger partial charge in [0.1, 0.15) is 5.69 Å². The van der Waals surface area contributed by atoms with E-state index in [-0.39, 0.29) is 11.7 Å². The van der Waals surface area contributed by atoms with E-state index in [1.54, 1.807) is 24.4 Å². The lowest BCUT2D eigenvalue weighted by atomic mass is 10.4. The summed E-state index contributed by atoms with van der Waals surface area (Å²) in [6, 6.07) is 10.6. The highest BCUT2D eigenvalue weighted by Crippen LogP contribution is 2.25. The van der Waals surface area contributed by atoms with E-state index in [1.165, 1.54) is 11.8 Å². The van der Waals surface area contributed by atoms with E-state index in [2.05, 4.69) is 15.8 Å². The molecule has 0 saturated carbocycles. The standard InChI is InChI=1S/C13H12ClN3O2S/c14-9-4-1-2-6-11(9)20-8-12(18)16-17-13(19)10-5-3-7-15-10/h1-7,15H,8H2,(H,16,18)(H,17,19). The summed E-state index contributed by atoms with van der Waals surface area (Å²) in [5.74, 6) is -0.546. The summed E-state index contributed by atoms with van der Waals surface area (Å²) in [4.78, 5) is 26.7. The second kappa shape index (κ2) is 7.02. The maximum Gasteiger partial charge on any atom is 0.286 e. The van der Waals surface area contributed by atoms with Gasteiger partial charge in [-0.3, -0.25) is 20.4 Å². The topological polar surface area (TPSA) is 74.0 Å². The number of hydrazine groups is 1. The molecule has 0 radical (unpaired) electrons. The fourth-order valence-corrected chi connectivity index (χ4v) is 2.45. The molecular weight excluding hydrogens is 298 g/mol. The smallest absolute Gasteiger partial charge is 0.286 e. The highest BCUT2D eigenvalue weighted by Gasteiger charge is 2.08. The van der Waals surface area contributed by atoms with Crippen LogP contribution in [0.25, 0.3) is 0 Å². The Morgan fingerprint density at radius 2 is 1.95 bits per heavy atom. The minimum absolute atomic E-state index is 0.161. The van der Waals surface area contributed by atoms with Gasteiger partial charge < -0.3 is 4.98 Å². The first-order valence-corrected chi connectivity index (χ1v) is 7.13. The van der Waals surface area contributed by atoms with Crippen molar-refractivity contribution in [1.82, 2.24) is 15.8 Å². The largest absolute Gasteiger partial charge is 0.357 e. The molecular formula is C13H12ClN3O2S. The minimum Gasteiger partial charge on any atom is -0.357 e. The molecule has 0 aliphatic rings. The van der Waals surface area contributed by atoms with E-state index in [0.717, 1.165) is 4.90 Å². The Balaban J connectivity index is 1.76. The lowest BCUT2D eigenvalue weighted by Gasteiger charge is -2.07. The summed E-state index contributed by atoms with van der Waals surface area (Å²) >= 11 is 7.28. The van der Waals surface area contributed by atoms with Crippen molar-refractivity contribution in [2.45, 2.75) is 4.90 Å². The van der Waals surface area contributed by atoms with Gasteiger partial charge in [0.15, 0.2) is 0 Å². The first-order valence-electron chi connectivity index (χ1n) is 5.76. The Morgan fingerprint density at radius 3 is 2.65 bits per heavy atom. The van der Waals surface area contributed by atoms with Crippen molar-refractivity contribution in [3.05, 3.63) is 53.3 Å². The van der Waals surface area contributed by atoms with Gasteiger partial charge in [-0.1, -0.05) is 23.7 Å². The molecule has 0 atom stereocenters. The number of rotatable bonds is 4. The monoisotopic (exact) mass is 309 g/mol. The van der Waals surface area contributed by atoms with Crippen LogP contribution < -0.4 is 10.9 Å². The summed E-state index contributed by atoms with van der Waals surface area (Å²) in [6.45, 7) is 0. The molecule has 7 heteroatoms. The summed E-state index contributed by atoms with van der Waals surface area (Å²) < 4.78 is 0. The van der Waals surface area contributed by atoms with Crippen LogP contribution in [0, 0.1) is 0 Å². The predicted octanol–water partition coefficient (Wildman–Crippen LogP) is 2.22. The van der Waals surface area contributed by atoms with Crippen LogP contribution >= 0.6 is 23.4 Å². The number of hydrogen-bond donors (Lipinski definition) is 3. The van der Waals surface area contributed by atoms with Gasteiger partial charge in [0.2, 0.25) is 5.91 Å². The molecule has 2 amide bonds. The molecule has 0 aliphatic carbocycles. The summed E-state index contributed by atoms with van der Waals surface area (Å²) in [5, 5.41) is 0.598. The highest BCUT2D eigenvalue weighted by molar-refractivity contribution is 8.00. The molecule has 0 unspecified atom stereocenters. The van der Waals surface area contributed by atoms with Crippen molar-refractivity contribution in [3.63, 3.8) is 0 Å². The molecule has 2 rings (SSSR count). The average molecular weight is 310 g/mol. The van der Waals surface area contributed by atoms with E-state index < -0.39 is 5.91 Å². The summed E-state index contributed by atoms with van der Waals surface area (Å²) in [6.07, 6.45) is 1.63. The third-order valence-electron chi connectivity index (χ3n) is 2.35. The second-order valence-corrected chi connectivity index (χ2v) is 5.23. The third-order valence-corrected chi connectivity index (χ3v) is 3.87. The van der Waals surface area contributed by atoms with Gasteiger partial charge in [-0.05, 0) is 24.3 Å². The van der Waals surface area contributed by atoms with Crippen LogP contribution in [0.5, 0.6) is 0 Å². The van der Waals surface area contributed by atoms with Gasteiger partial charge in [0.25, 0.3) is 5.91 Å². The zero-order valence-corrected chi connectivity index (χ0v) is 11.9. The van der Waals surface area contributed by atoms with E-state index in [0.29, 0.717) is 10.7 Å². The number of carbonyl (C=O) groups excluding carboxylic acids is 2. The van der Waals surface area contributed by atoms with Crippen LogP contribution in [-0.4, -0.2) is 22.6 Å². The molecule has 20 heavy (non-hydrogen) atoms. The number of aromatic nitrogens is 1. The number of amides is 2. The number of halogens is 1. The number of aromatic amines is 1. The van der Waals surface area contributed by atoms with Crippen molar-refractivity contribution in [2.24, 2.45) is 0 Å². The molecule has 104 valence electrons. The normalized spacial score (nSPS) is 10.1. The fourth-order valence-electron chi connectivity index (χ4n) is 1.41. The number of hydrogen-bond acceptors (Lipinski definition) is 3. The predicted molar refractivity (Wildman–Crippen MR) is 78.6 cm³/mol. The fraction of sp³-hybridized carbons (Fsp3) is 0.0769. The van der Waals surface area contributed by atoms with Crippen molar-refractivity contribution >= 4 is 35.2 Å². The third kappa shape index (κ3) is 4.04. The number of H-pyrrole nitrogens is 1. The van der Waals surface area contributed by atoms with Crippen molar-refractivity contribution in [2.75, 3.05) is 5.75 Å². The lowest BCUT2D eigenvalue weighted by molar-refractivity contribution is -0.119. The SMILES string of the molecule is O=C(CSc1ccccc1Cl)NNC(=O)c1ccc[nH]1. The molecule has 5 nitrogen and oxygen atoms in total. The van der Waals surface area contributed by atoms with Gasteiger partial charge in [-0.2, -0.15) is 0 Å². The minimum atomic E-state index is -0.397. The zero-order chi connectivity index (χ0) is 14.4. The molecule has 0 saturated heterocycles. The molecule has 0 spiro atoms. The van der Waals surface area contributed by atoms with E-state index in [1.807, 2.05) is 18.2 Å². The molecule has 1 heterocycles. The quantitative estimate of drug-likeness (QED) is 0.599.